The fourth-order valence-corrected chi connectivity index (χ4v) is 5.00. The zero-order chi connectivity index (χ0) is 24.7. The number of likely N-dealkylation sites (tertiary alicyclic amines) is 1. The normalized spacial score (nSPS) is 25.1. The van der Waals surface area contributed by atoms with E-state index in [4.69, 9.17) is 9.47 Å². The Labute approximate surface area is 204 Å². The van der Waals surface area contributed by atoms with Gasteiger partial charge in [-0.05, 0) is 70.2 Å². The minimum atomic E-state index is -0.561. The third-order valence-electron chi connectivity index (χ3n) is 7.35. The van der Waals surface area contributed by atoms with E-state index in [1.807, 2.05) is 6.92 Å². The Bertz CT molecular complexity index is 833. The Kier molecular flexibility index (Phi) is 9.37. The number of amides is 2. The monoisotopic (exact) mass is 473 g/mol. The molecule has 7 nitrogen and oxygen atoms in total. The van der Waals surface area contributed by atoms with Crippen molar-refractivity contribution in [2.24, 2.45) is 5.41 Å². The summed E-state index contributed by atoms with van der Waals surface area (Å²) < 4.78 is 11.4. The van der Waals surface area contributed by atoms with Crippen LogP contribution < -0.4 is 15.4 Å². The van der Waals surface area contributed by atoms with Gasteiger partial charge in [-0.1, -0.05) is 32.4 Å². The number of hydrogen-bond acceptors (Lipinski definition) is 5. The average molecular weight is 474 g/mol. The first-order valence-electron chi connectivity index (χ1n) is 12.8. The predicted molar refractivity (Wildman–Crippen MR) is 134 cm³/mol. The van der Waals surface area contributed by atoms with E-state index in [9.17, 15) is 9.59 Å². The summed E-state index contributed by atoms with van der Waals surface area (Å²) in [4.78, 5) is 28.4. The van der Waals surface area contributed by atoms with Gasteiger partial charge in [0.05, 0.1) is 19.1 Å². The van der Waals surface area contributed by atoms with Crippen LogP contribution in [0.1, 0.15) is 76.8 Å². The third kappa shape index (κ3) is 6.72. The molecule has 1 spiro atoms. The molecule has 7 heteroatoms. The average Bonchev–Trinajstić information content (AvgIpc) is 2.82. The molecule has 2 atom stereocenters. The number of nitrogens with one attached hydrogen (secondary N) is 2. The zero-order valence-corrected chi connectivity index (χ0v) is 21.6. The number of carbonyl (C=O) groups excluding carboxylic acids is 2. The van der Waals surface area contributed by atoms with E-state index in [0.717, 1.165) is 57.5 Å². The summed E-state index contributed by atoms with van der Waals surface area (Å²) in [7, 11) is 1.72. The topological polar surface area (TPSA) is 79.9 Å². The largest absolute Gasteiger partial charge is 0.496 e. The van der Waals surface area contributed by atoms with E-state index in [-0.39, 0.29) is 17.9 Å². The summed E-state index contributed by atoms with van der Waals surface area (Å²) in [5, 5.41) is 5.96. The van der Waals surface area contributed by atoms with Gasteiger partial charge in [-0.15, -0.1) is 0 Å². The molecule has 1 aromatic carbocycles. The summed E-state index contributed by atoms with van der Waals surface area (Å²) in [6.07, 6.45) is 4.27. The Morgan fingerprint density at radius 3 is 2.53 bits per heavy atom. The minimum absolute atomic E-state index is 0.0157. The van der Waals surface area contributed by atoms with Gasteiger partial charge in [0.25, 0.3) is 0 Å². The lowest BCUT2D eigenvalue weighted by Crippen LogP contribution is -2.54. The van der Waals surface area contributed by atoms with Crippen molar-refractivity contribution in [3.8, 4) is 5.75 Å². The molecule has 0 radical (unpaired) electrons. The summed E-state index contributed by atoms with van der Waals surface area (Å²) in [6, 6.07) is 5.82. The third-order valence-corrected chi connectivity index (χ3v) is 7.35. The number of methoxy groups -OCH3 is 1. The molecule has 34 heavy (non-hydrogen) atoms. The van der Waals surface area contributed by atoms with Crippen LogP contribution in [0.3, 0.4) is 0 Å². The molecule has 2 heterocycles. The van der Waals surface area contributed by atoms with Crippen LogP contribution >= 0.6 is 0 Å². The molecule has 2 saturated heterocycles. The van der Waals surface area contributed by atoms with Crippen molar-refractivity contribution in [2.45, 2.75) is 84.3 Å². The highest BCUT2D eigenvalue weighted by atomic mass is 16.5. The van der Waals surface area contributed by atoms with E-state index >= 15 is 0 Å². The van der Waals surface area contributed by atoms with Gasteiger partial charge in [0.15, 0.2) is 0 Å². The molecule has 2 aliphatic heterocycles. The van der Waals surface area contributed by atoms with Crippen molar-refractivity contribution in [3.63, 3.8) is 0 Å². The molecule has 2 fully saturated rings. The molecule has 1 aromatic rings. The number of hydrogen-bond donors (Lipinski definition) is 2. The maximum absolute atomic E-state index is 13.5. The van der Waals surface area contributed by atoms with E-state index in [0.29, 0.717) is 19.1 Å². The molecule has 3 rings (SSSR count). The van der Waals surface area contributed by atoms with Crippen LogP contribution in [-0.4, -0.2) is 62.2 Å². The van der Waals surface area contributed by atoms with Crippen molar-refractivity contribution < 1.29 is 19.1 Å². The highest BCUT2D eigenvalue weighted by Crippen LogP contribution is 2.38. The molecule has 2 amide bonds. The molecule has 2 aliphatic rings. The molecule has 0 bridgehead atoms. The number of carbonyl (C=O) groups is 2. The Hall–Kier alpha value is -2.12. The van der Waals surface area contributed by atoms with Crippen molar-refractivity contribution in [2.75, 3.05) is 33.4 Å². The molecule has 2 N–H and O–H groups in total. The van der Waals surface area contributed by atoms with E-state index in [1.165, 1.54) is 11.1 Å². The highest BCUT2D eigenvalue weighted by molar-refractivity contribution is 5.90. The summed E-state index contributed by atoms with van der Waals surface area (Å²) in [6.45, 7) is 11.7. The maximum Gasteiger partial charge on any atom is 0.242 e. The summed E-state index contributed by atoms with van der Waals surface area (Å²) in [5.74, 6) is 1.23. The van der Waals surface area contributed by atoms with Crippen LogP contribution in [0, 0.1) is 5.41 Å². The molecule has 0 aliphatic carbocycles. The maximum atomic E-state index is 13.5. The van der Waals surface area contributed by atoms with E-state index in [2.05, 4.69) is 47.6 Å². The standard InChI is InChI=1S/C27H43N3O4/c1-19(2)22-8-9-24(33-5)23(16-22)17-30-13-11-27(12-14-30)10-6-7-15-34-18-20(3)28-25(31)21(4)29-26(27)32/h8-9,16,19-21H,6-7,10-15,17-18H2,1-5H3,(H,28,31)(H,29,32)/t20-,21-/m0/s1. The fourth-order valence-electron chi connectivity index (χ4n) is 5.00. The van der Waals surface area contributed by atoms with Gasteiger partial charge >= 0.3 is 0 Å². The van der Waals surface area contributed by atoms with Crippen molar-refractivity contribution in [3.05, 3.63) is 29.3 Å². The van der Waals surface area contributed by atoms with Gasteiger partial charge in [-0.25, -0.2) is 0 Å². The Morgan fingerprint density at radius 1 is 1.12 bits per heavy atom. The number of rotatable bonds is 4. The van der Waals surface area contributed by atoms with Crippen molar-refractivity contribution >= 4 is 11.8 Å². The Morgan fingerprint density at radius 2 is 1.85 bits per heavy atom. The van der Waals surface area contributed by atoms with Crippen LogP contribution in [0.4, 0.5) is 0 Å². The number of piperidine rings is 1. The van der Waals surface area contributed by atoms with Crippen molar-refractivity contribution in [1.29, 1.82) is 0 Å². The summed E-state index contributed by atoms with van der Waals surface area (Å²) in [5.41, 5.74) is 2.07. The number of benzene rings is 1. The first-order valence-corrected chi connectivity index (χ1v) is 12.8. The van der Waals surface area contributed by atoms with Gasteiger partial charge in [0.2, 0.25) is 11.8 Å². The lowest BCUT2D eigenvalue weighted by Gasteiger charge is -2.41. The van der Waals surface area contributed by atoms with Crippen LogP contribution in [-0.2, 0) is 20.9 Å². The predicted octanol–water partition coefficient (Wildman–Crippen LogP) is 3.61. The fraction of sp³-hybridized carbons (Fsp3) is 0.704. The van der Waals surface area contributed by atoms with Gasteiger partial charge in [0.1, 0.15) is 11.8 Å². The van der Waals surface area contributed by atoms with E-state index in [1.54, 1.807) is 14.0 Å². The number of nitrogens with zero attached hydrogens (tertiary/aromatic N) is 1. The molecule has 0 saturated carbocycles. The molecular formula is C27H43N3O4. The zero-order valence-electron chi connectivity index (χ0n) is 21.6. The molecule has 0 unspecified atom stereocenters. The quantitative estimate of drug-likeness (QED) is 0.698. The lowest BCUT2D eigenvalue weighted by molar-refractivity contribution is -0.138. The highest BCUT2D eigenvalue weighted by Gasteiger charge is 2.41. The first kappa shape index (κ1) is 26.5. The smallest absolute Gasteiger partial charge is 0.242 e. The second kappa shape index (κ2) is 12.0. The summed E-state index contributed by atoms with van der Waals surface area (Å²) >= 11 is 0. The Balaban J connectivity index is 1.69. The van der Waals surface area contributed by atoms with Gasteiger partial charge in [-0.2, -0.15) is 0 Å². The molecular weight excluding hydrogens is 430 g/mol. The minimum Gasteiger partial charge on any atom is -0.496 e. The molecule has 0 aromatic heterocycles. The van der Waals surface area contributed by atoms with Crippen LogP contribution in [0.15, 0.2) is 18.2 Å². The van der Waals surface area contributed by atoms with Crippen molar-refractivity contribution in [1.82, 2.24) is 15.5 Å². The van der Waals surface area contributed by atoms with Gasteiger partial charge < -0.3 is 20.1 Å². The van der Waals surface area contributed by atoms with Crippen LogP contribution in [0.25, 0.3) is 0 Å². The molecule has 190 valence electrons. The SMILES string of the molecule is COc1ccc(C(C)C)cc1CN1CCC2(CCCCOC[C@H](C)NC(=O)[C@H](C)NC2=O)CC1. The van der Waals surface area contributed by atoms with Gasteiger partial charge in [0, 0.05) is 24.8 Å². The lowest BCUT2D eigenvalue weighted by atomic mass is 9.73. The number of ether oxygens (including phenoxy) is 2. The van der Waals surface area contributed by atoms with Crippen LogP contribution in [0.5, 0.6) is 5.75 Å². The van der Waals surface area contributed by atoms with Gasteiger partial charge in [-0.3, -0.25) is 14.5 Å². The first-order chi connectivity index (χ1) is 16.2. The van der Waals surface area contributed by atoms with Crippen LogP contribution in [0.2, 0.25) is 0 Å². The second-order valence-electron chi connectivity index (χ2n) is 10.4. The second-order valence-corrected chi connectivity index (χ2v) is 10.4. The van der Waals surface area contributed by atoms with E-state index < -0.39 is 11.5 Å².